The second kappa shape index (κ2) is 8.06. The summed E-state index contributed by atoms with van der Waals surface area (Å²) in [5.74, 6) is 0.497. The van der Waals surface area contributed by atoms with Crippen molar-refractivity contribution in [3.05, 3.63) is 60.2 Å². The van der Waals surface area contributed by atoms with Crippen LogP contribution in [0.4, 0.5) is 0 Å². The molecule has 23 heavy (non-hydrogen) atoms. The van der Waals surface area contributed by atoms with Crippen LogP contribution in [0.2, 0.25) is 0 Å². The van der Waals surface area contributed by atoms with Gasteiger partial charge in [-0.3, -0.25) is 4.79 Å². The number of amides is 1. The second-order valence-electron chi connectivity index (χ2n) is 6.17. The number of hydrogen-bond acceptors (Lipinski definition) is 3. The molecule has 0 heterocycles. The summed E-state index contributed by atoms with van der Waals surface area (Å²) in [6.45, 7) is 4.08. The smallest absolute Gasteiger partial charge is 0.230 e. The van der Waals surface area contributed by atoms with Crippen molar-refractivity contribution in [1.82, 2.24) is 5.32 Å². The van der Waals surface area contributed by atoms with Crippen LogP contribution in [0.1, 0.15) is 25.8 Å². The van der Waals surface area contributed by atoms with E-state index in [9.17, 15) is 9.90 Å². The summed E-state index contributed by atoms with van der Waals surface area (Å²) < 4.78 is 0. The highest BCUT2D eigenvalue weighted by atomic mass is 32.2. The van der Waals surface area contributed by atoms with E-state index in [0.717, 1.165) is 17.7 Å². The van der Waals surface area contributed by atoms with Gasteiger partial charge in [-0.2, -0.15) is 0 Å². The molecule has 0 unspecified atom stereocenters. The summed E-state index contributed by atoms with van der Waals surface area (Å²) in [4.78, 5) is 12.9. The van der Waals surface area contributed by atoms with Crippen molar-refractivity contribution in [2.24, 2.45) is 0 Å². The highest BCUT2D eigenvalue weighted by molar-refractivity contribution is 8.00. The van der Waals surface area contributed by atoms with Crippen molar-refractivity contribution in [2.75, 3.05) is 5.75 Å². The van der Waals surface area contributed by atoms with Crippen LogP contribution in [0.15, 0.2) is 59.5 Å². The standard InChI is InChI=1S/C19H23NO2S/c1-19(2,13-12-15-8-4-3-5-9-15)20-18(22)14-23-17-11-7-6-10-16(17)21/h3-11,21H,12-14H2,1-2H3,(H,20,22). The van der Waals surface area contributed by atoms with Crippen LogP contribution >= 0.6 is 11.8 Å². The van der Waals surface area contributed by atoms with Gasteiger partial charge in [-0.1, -0.05) is 42.5 Å². The van der Waals surface area contributed by atoms with Gasteiger partial charge in [-0.15, -0.1) is 11.8 Å². The minimum Gasteiger partial charge on any atom is -0.507 e. The minimum absolute atomic E-state index is 0.0173. The first-order valence-electron chi connectivity index (χ1n) is 7.72. The molecular weight excluding hydrogens is 306 g/mol. The molecule has 0 bridgehead atoms. The molecule has 1 amide bonds. The zero-order valence-electron chi connectivity index (χ0n) is 13.6. The first kappa shape index (κ1) is 17.4. The first-order valence-corrected chi connectivity index (χ1v) is 8.70. The van der Waals surface area contributed by atoms with Gasteiger partial charge in [0.25, 0.3) is 0 Å². The number of hydrogen-bond donors (Lipinski definition) is 2. The van der Waals surface area contributed by atoms with Gasteiger partial charge >= 0.3 is 0 Å². The maximum Gasteiger partial charge on any atom is 0.230 e. The summed E-state index contributed by atoms with van der Waals surface area (Å²) in [5.41, 5.74) is 1.02. The number of para-hydroxylation sites is 1. The Morgan fingerprint density at radius 3 is 2.43 bits per heavy atom. The lowest BCUT2D eigenvalue weighted by molar-refractivity contribution is -0.120. The number of rotatable bonds is 7. The molecule has 122 valence electrons. The maximum atomic E-state index is 12.1. The fraction of sp³-hybridized carbons (Fsp3) is 0.316. The molecule has 0 saturated carbocycles. The monoisotopic (exact) mass is 329 g/mol. The van der Waals surface area contributed by atoms with Crippen LogP contribution in [0.5, 0.6) is 5.75 Å². The highest BCUT2D eigenvalue weighted by Gasteiger charge is 2.20. The van der Waals surface area contributed by atoms with E-state index >= 15 is 0 Å². The zero-order valence-corrected chi connectivity index (χ0v) is 14.4. The molecule has 0 aliphatic carbocycles. The number of benzene rings is 2. The third kappa shape index (κ3) is 5.99. The fourth-order valence-electron chi connectivity index (χ4n) is 2.30. The number of phenols is 1. The van der Waals surface area contributed by atoms with E-state index in [-0.39, 0.29) is 17.2 Å². The molecule has 4 heteroatoms. The van der Waals surface area contributed by atoms with Crippen molar-refractivity contribution < 1.29 is 9.90 Å². The van der Waals surface area contributed by atoms with E-state index in [1.165, 1.54) is 17.3 Å². The number of aromatic hydroxyl groups is 1. The molecule has 2 rings (SSSR count). The van der Waals surface area contributed by atoms with Crippen molar-refractivity contribution in [3.63, 3.8) is 0 Å². The van der Waals surface area contributed by atoms with E-state index in [4.69, 9.17) is 0 Å². The lowest BCUT2D eigenvalue weighted by Crippen LogP contribution is -2.44. The predicted molar refractivity (Wildman–Crippen MR) is 95.8 cm³/mol. The van der Waals surface area contributed by atoms with E-state index in [1.54, 1.807) is 12.1 Å². The van der Waals surface area contributed by atoms with Crippen LogP contribution in [0.3, 0.4) is 0 Å². The molecule has 0 radical (unpaired) electrons. The third-order valence-electron chi connectivity index (χ3n) is 3.58. The normalized spacial score (nSPS) is 11.2. The lowest BCUT2D eigenvalue weighted by Gasteiger charge is -2.26. The van der Waals surface area contributed by atoms with Gasteiger partial charge in [0.05, 0.1) is 5.75 Å². The number of carbonyl (C=O) groups is 1. The number of aryl methyl sites for hydroxylation is 1. The van der Waals surface area contributed by atoms with Crippen LogP contribution in [-0.4, -0.2) is 22.3 Å². The first-order chi connectivity index (χ1) is 11.0. The predicted octanol–water partition coefficient (Wildman–Crippen LogP) is 4.01. The van der Waals surface area contributed by atoms with Gasteiger partial charge in [0, 0.05) is 10.4 Å². The Morgan fingerprint density at radius 1 is 1.09 bits per heavy atom. The molecule has 0 aromatic heterocycles. The molecule has 0 atom stereocenters. The molecule has 2 aromatic rings. The second-order valence-corrected chi connectivity index (χ2v) is 7.19. The lowest BCUT2D eigenvalue weighted by atomic mass is 9.95. The number of phenolic OH excluding ortho intramolecular Hbond substituents is 1. The van der Waals surface area contributed by atoms with E-state index < -0.39 is 0 Å². The quantitative estimate of drug-likeness (QED) is 0.755. The molecule has 0 aliphatic rings. The van der Waals surface area contributed by atoms with Crippen LogP contribution in [0, 0.1) is 0 Å². The summed E-state index contributed by atoms with van der Waals surface area (Å²) in [7, 11) is 0. The number of nitrogens with one attached hydrogen (secondary N) is 1. The zero-order chi connectivity index (χ0) is 16.7. The molecule has 0 saturated heterocycles. The molecule has 0 aliphatic heterocycles. The minimum atomic E-state index is -0.258. The largest absolute Gasteiger partial charge is 0.507 e. The third-order valence-corrected chi connectivity index (χ3v) is 4.65. The molecule has 0 spiro atoms. The van der Waals surface area contributed by atoms with E-state index in [1.807, 2.05) is 44.2 Å². The van der Waals surface area contributed by atoms with Crippen LogP contribution < -0.4 is 5.32 Å². The topological polar surface area (TPSA) is 49.3 Å². The average Bonchev–Trinajstić information content (AvgIpc) is 2.53. The van der Waals surface area contributed by atoms with Gasteiger partial charge in [0.15, 0.2) is 0 Å². The van der Waals surface area contributed by atoms with Crippen molar-refractivity contribution >= 4 is 17.7 Å². The summed E-state index contributed by atoms with van der Waals surface area (Å²) in [6, 6.07) is 17.3. The Kier molecular flexibility index (Phi) is 6.11. The SMILES string of the molecule is CC(C)(CCc1ccccc1)NC(=O)CSc1ccccc1O. The molecular formula is C19H23NO2S. The Labute approximate surface area is 142 Å². The number of carbonyl (C=O) groups excluding carboxylic acids is 1. The van der Waals surface area contributed by atoms with E-state index in [0.29, 0.717) is 5.75 Å². The summed E-state index contributed by atoms with van der Waals surface area (Å²) in [6.07, 6.45) is 1.81. The van der Waals surface area contributed by atoms with Gasteiger partial charge in [-0.05, 0) is 44.4 Å². The van der Waals surface area contributed by atoms with Gasteiger partial charge < -0.3 is 10.4 Å². The number of thioether (sulfide) groups is 1. The van der Waals surface area contributed by atoms with Crippen LogP contribution in [0.25, 0.3) is 0 Å². The Morgan fingerprint density at radius 2 is 1.74 bits per heavy atom. The Bertz CT molecular complexity index is 641. The summed E-state index contributed by atoms with van der Waals surface area (Å²) >= 11 is 1.35. The molecule has 0 fully saturated rings. The maximum absolute atomic E-state index is 12.1. The Hall–Kier alpha value is -1.94. The molecule has 2 aromatic carbocycles. The van der Waals surface area contributed by atoms with Crippen molar-refractivity contribution in [2.45, 2.75) is 37.1 Å². The average molecular weight is 329 g/mol. The van der Waals surface area contributed by atoms with E-state index in [2.05, 4.69) is 17.4 Å². The van der Waals surface area contributed by atoms with Crippen molar-refractivity contribution in [3.8, 4) is 5.75 Å². The van der Waals surface area contributed by atoms with Gasteiger partial charge in [0.1, 0.15) is 5.75 Å². The van der Waals surface area contributed by atoms with Crippen LogP contribution in [-0.2, 0) is 11.2 Å². The van der Waals surface area contributed by atoms with Crippen molar-refractivity contribution in [1.29, 1.82) is 0 Å². The van der Waals surface area contributed by atoms with Gasteiger partial charge in [-0.25, -0.2) is 0 Å². The molecule has 2 N–H and O–H groups in total. The summed E-state index contributed by atoms with van der Waals surface area (Å²) in [5, 5.41) is 12.8. The van der Waals surface area contributed by atoms with Gasteiger partial charge in [0.2, 0.25) is 5.91 Å². The Balaban J connectivity index is 1.80. The fourth-order valence-corrected chi connectivity index (χ4v) is 3.05. The highest BCUT2D eigenvalue weighted by Crippen LogP contribution is 2.27. The molecule has 3 nitrogen and oxygen atoms in total.